The summed E-state index contributed by atoms with van der Waals surface area (Å²) in [5.41, 5.74) is 20.7. The Bertz CT molecular complexity index is 4690. The molecule has 0 atom stereocenters. The van der Waals surface area contributed by atoms with E-state index in [2.05, 4.69) is 265 Å². The van der Waals surface area contributed by atoms with Crippen molar-refractivity contribution in [3.8, 4) is 68.4 Å². The van der Waals surface area contributed by atoms with Crippen molar-refractivity contribution >= 4 is 83.8 Å². The fourth-order valence-electron chi connectivity index (χ4n) is 12.7. The van der Waals surface area contributed by atoms with E-state index in [9.17, 15) is 10.5 Å². The highest BCUT2D eigenvalue weighted by Crippen LogP contribution is 2.48. The summed E-state index contributed by atoms with van der Waals surface area (Å²) in [5, 5.41) is 26.0. The Hall–Kier alpha value is -10.3. The zero-order chi connectivity index (χ0) is 53.1. The average Bonchev–Trinajstić information content (AvgIpc) is 3.60. The molecule has 6 nitrogen and oxygen atoms in total. The fourth-order valence-corrected chi connectivity index (χ4v) is 12.7. The minimum absolute atomic E-state index is 0.220. The van der Waals surface area contributed by atoms with Crippen molar-refractivity contribution < 1.29 is 4.74 Å². The average molecular weight is 1010 g/mol. The first kappa shape index (κ1) is 46.0. The summed E-state index contributed by atoms with van der Waals surface area (Å²) in [5.74, 6) is 1.56. The summed E-state index contributed by atoms with van der Waals surface area (Å²) < 4.78 is 12.0. The summed E-state index contributed by atoms with van der Waals surface area (Å²) in [4.78, 5) is 2.46. The van der Waals surface area contributed by atoms with Crippen LogP contribution in [0.5, 0.6) is 11.5 Å². The number of anilines is 3. The molecule has 13 aromatic rings. The first-order valence-electron chi connectivity index (χ1n) is 26.9. The van der Waals surface area contributed by atoms with E-state index in [0.717, 1.165) is 117 Å². The lowest BCUT2D eigenvalue weighted by Gasteiger charge is -2.42. The van der Waals surface area contributed by atoms with Gasteiger partial charge in [0.1, 0.15) is 11.5 Å². The maximum atomic E-state index is 10.7. The van der Waals surface area contributed by atoms with Gasteiger partial charge in [-0.05, 0) is 135 Å². The zero-order valence-corrected chi connectivity index (χ0v) is 43.7. The van der Waals surface area contributed by atoms with Crippen molar-refractivity contribution in [1.29, 1.82) is 10.5 Å². The topological polar surface area (TPSA) is 69.9 Å². The molecule has 79 heavy (non-hydrogen) atoms. The van der Waals surface area contributed by atoms with Crippen molar-refractivity contribution in [2.45, 2.75) is 26.2 Å². The largest absolute Gasteiger partial charge is 0.458 e. The number of hydrogen-bond acceptors (Lipinski definition) is 4. The molecule has 2 aliphatic heterocycles. The molecular formula is C72H48BN5O. The summed E-state index contributed by atoms with van der Waals surface area (Å²) in [6, 6.07) is 88.8. The number of nitriles is 2. The van der Waals surface area contributed by atoms with E-state index in [1.165, 1.54) is 21.5 Å². The number of ether oxygens (including phenoxy) is 1. The third-order valence-electron chi connectivity index (χ3n) is 16.4. The maximum Gasteiger partial charge on any atom is 0.256 e. The Labute approximate surface area is 458 Å². The Balaban J connectivity index is 0.969. The summed E-state index contributed by atoms with van der Waals surface area (Å²) in [6.07, 6.45) is 0. The lowest BCUT2D eigenvalue weighted by Crippen LogP contribution is -2.59. The third-order valence-corrected chi connectivity index (χ3v) is 16.4. The molecule has 0 radical (unpaired) electrons. The van der Waals surface area contributed by atoms with E-state index >= 15 is 0 Å². The van der Waals surface area contributed by atoms with Crippen LogP contribution < -0.4 is 26.0 Å². The van der Waals surface area contributed by atoms with Crippen molar-refractivity contribution in [2.24, 2.45) is 0 Å². The van der Waals surface area contributed by atoms with E-state index in [1.807, 2.05) is 18.2 Å². The molecule has 0 fully saturated rings. The highest BCUT2D eigenvalue weighted by atomic mass is 16.5. The smallest absolute Gasteiger partial charge is 0.256 e. The molecule has 0 saturated carbocycles. The van der Waals surface area contributed by atoms with Crippen LogP contribution >= 0.6 is 0 Å². The fraction of sp³-hybridized carbons (Fsp3) is 0.0556. The van der Waals surface area contributed by atoms with Gasteiger partial charge in [0.05, 0.1) is 56.7 Å². The Kier molecular flexibility index (Phi) is 10.3. The van der Waals surface area contributed by atoms with Gasteiger partial charge in [0.2, 0.25) is 0 Å². The van der Waals surface area contributed by atoms with Gasteiger partial charge < -0.3 is 18.8 Å². The Morgan fingerprint density at radius 3 is 1.65 bits per heavy atom. The van der Waals surface area contributed by atoms with Gasteiger partial charge in [-0.25, -0.2) is 0 Å². The predicted molar refractivity (Wildman–Crippen MR) is 325 cm³/mol. The lowest BCUT2D eigenvalue weighted by atomic mass is 9.34. The van der Waals surface area contributed by atoms with Gasteiger partial charge >= 0.3 is 0 Å². The molecule has 15 rings (SSSR count). The molecule has 0 N–H and O–H groups in total. The van der Waals surface area contributed by atoms with Gasteiger partial charge in [-0.15, -0.1) is 0 Å². The van der Waals surface area contributed by atoms with Crippen molar-refractivity contribution in [2.75, 3.05) is 4.90 Å². The molecule has 11 aromatic carbocycles. The SMILES string of the molecule is CC(C)(C)c1cc2c3c(c1)N(c1ccccc1-c1ccccc1)c1cc(-c4cc(C#N)ccc4-n4c5ccccc5c5ccccc54)ccc1B3c1ccc(-c3cc(-n4c5ccccc5c5ccccc54)ccc3C#N)cc1O2. The van der Waals surface area contributed by atoms with Crippen molar-refractivity contribution in [3.05, 3.63) is 253 Å². The molecule has 0 unspecified atom stereocenters. The van der Waals surface area contributed by atoms with Crippen molar-refractivity contribution in [3.63, 3.8) is 0 Å². The van der Waals surface area contributed by atoms with Gasteiger partial charge in [-0.1, -0.05) is 166 Å². The van der Waals surface area contributed by atoms with Crippen LogP contribution in [0.4, 0.5) is 17.1 Å². The summed E-state index contributed by atoms with van der Waals surface area (Å²) in [6.45, 7) is 6.56. The number of hydrogen-bond donors (Lipinski definition) is 0. The third kappa shape index (κ3) is 7.10. The van der Waals surface area contributed by atoms with Gasteiger partial charge in [-0.2, -0.15) is 10.5 Å². The minimum atomic E-state index is -0.247. The Morgan fingerprint density at radius 2 is 1.00 bits per heavy atom. The van der Waals surface area contributed by atoms with Gasteiger partial charge in [-0.3, -0.25) is 0 Å². The van der Waals surface area contributed by atoms with E-state index in [4.69, 9.17) is 4.74 Å². The number of rotatable bonds is 6. The molecule has 0 spiro atoms. The second-order valence-electron chi connectivity index (χ2n) is 21.9. The number of nitrogens with zero attached hydrogens (tertiary/aromatic N) is 5. The van der Waals surface area contributed by atoms with Crippen molar-refractivity contribution in [1.82, 2.24) is 9.13 Å². The van der Waals surface area contributed by atoms with Gasteiger partial charge in [0.25, 0.3) is 6.71 Å². The van der Waals surface area contributed by atoms with Crippen LogP contribution in [0.2, 0.25) is 0 Å². The second kappa shape index (κ2) is 17.6. The quantitative estimate of drug-likeness (QED) is 0.156. The number of benzene rings is 11. The van der Waals surface area contributed by atoms with E-state index in [1.54, 1.807) is 0 Å². The molecule has 2 aromatic heterocycles. The van der Waals surface area contributed by atoms with Crippen LogP contribution in [0.25, 0.3) is 88.4 Å². The molecular weight excluding hydrogens is 962 g/mol. The lowest BCUT2D eigenvalue weighted by molar-refractivity contribution is 0.483. The van der Waals surface area contributed by atoms with Crippen LogP contribution in [0.3, 0.4) is 0 Å². The van der Waals surface area contributed by atoms with Crippen LogP contribution in [-0.2, 0) is 5.41 Å². The standard InChI is InChI=1S/C72H48BN5O/c1-72(2,3)50-40-68-71-70(41-50)79-69-39-48(57-42-51(33-30-49(57)44-75)76-62-25-13-8-20-53(62)54-21-9-14-26-63(54)76)32-35-60(69)73(71)59-34-31-47(38-67(59)78(68)61-24-12-7-19-52(61)46-17-5-4-6-18-46)58-37-45(43-74)29-36-66(58)77-64-27-15-10-22-55(64)56-23-11-16-28-65(56)77/h4-42H,1-3H3. The van der Waals surface area contributed by atoms with E-state index in [0.29, 0.717) is 11.1 Å². The highest BCUT2D eigenvalue weighted by Gasteiger charge is 2.43. The van der Waals surface area contributed by atoms with Crippen LogP contribution in [0.1, 0.15) is 37.5 Å². The first-order chi connectivity index (χ1) is 38.7. The predicted octanol–water partition coefficient (Wildman–Crippen LogP) is 16.3. The summed E-state index contributed by atoms with van der Waals surface area (Å²) in [7, 11) is 0. The molecule has 0 saturated heterocycles. The normalized spacial score (nSPS) is 12.5. The molecule has 0 aliphatic carbocycles. The monoisotopic (exact) mass is 1010 g/mol. The molecule has 0 bridgehead atoms. The zero-order valence-electron chi connectivity index (χ0n) is 43.7. The maximum absolute atomic E-state index is 10.7. The van der Waals surface area contributed by atoms with E-state index in [-0.39, 0.29) is 12.1 Å². The molecule has 4 heterocycles. The number of fused-ring (bicyclic) bond motifs is 10. The Morgan fingerprint density at radius 1 is 0.405 bits per heavy atom. The van der Waals surface area contributed by atoms with Gasteiger partial charge in [0.15, 0.2) is 0 Å². The van der Waals surface area contributed by atoms with Crippen LogP contribution in [0.15, 0.2) is 237 Å². The minimum Gasteiger partial charge on any atom is -0.458 e. The summed E-state index contributed by atoms with van der Waals surface area (Å²) >= 11 is 0. The van der Waals surface area contributed by atoms with Gasteiger partial charge in [0, 0.05) is 55.3 Å². The highest BCUT2D eigenvalue weighted by molar-refractivity contribution is 6.99. The molecule has 7 heteroatoms. The van der Waals surface area contributed by atoms with Crippen LogP contribution in [-0.4, -0.2) is 15.8 Å². The molecule has 2 aliphatic rings. The number of para-hydroxylation sites is 5. The second-order valence-corrected chi connectivity index (χ2v) is 21.9. The molecule has 0 amide bonds. The molecule has 370 valence electrons. The van der Waals surface area contributed by atoms with E-state index < -0.39 is 0 Å². The van der Waals surface area contributed by atoms with Crippen LogP contribution in [0, 0.1) is 22.7 Å². The first-order valence-corrected chi connectivity index (χ1v) is 26.9. The number of aromatic nitrogens is 2.